The second kappa shape index (κ2) is 5.65. The molecule has 0 aliphatic carbocycles. The topological polar surface area (TPSA) is 20.2 Å². The number of hydrogen-bond acceptors (Lipinski definition) is 1. The first kappa shape index (κ1) is 11.9. The van der Waals surface area contributed by atoms with Crippen molar-refractivity contribution in [2.24, 2.45) is 0 Å². The molecule has 0 unspecified atom stereocenters. The third-order valence-electron chi connectivity index (χ3n) is 3.08. The van der Waals surface area contributed by atoms with Gasteiger partial charge in [-0.05, 0) is 42.0 Å². The predicted molar refractivity (Wildman–Crippen MR) is 71.2 cm³/mol. The van der Waals surface area contributed by atoms with Gasteiger partial charge in [-0.25, -0.2) is 0 Å². The van der Waals surface area contributed by atoms with Gasteiger partial charge in [0.05, 0.1) is 0 Å². The molecule has 0 aliphatic rings. The number of aryl methyl sites for hydroxylation is 1. The molecule has 1 nitrogen and oxygen atoms in total. The van der Waals surface area contributed by atoms with Crippen molar-refractivity contribution in [3.63, 3.8) is 0 Å². The Morgan fingerprint density at radius 1 is 0.882 bits per heavy atom. The summed E-state index contributed by atoms with van der Waals surface area (Å²) in [6.45, 7) is 2.37. The average molecular weight is 226 g/mol. The molecule has 0 saturated heterocycles. The fourth-order valence-corrected chi connectivity index (χ4v) is 1.98. The summed E-state index contributed by atoms with van der Waals surface area (Å²) < 4.78 is 0. The lowest BCUT2D eigenvalue weighted by atomic mass is 9.99. The van der Waals surface area contributed by atoms with E-state index in [2.05, 4.69) is 55.5 Å². The second-order valence-electron chi connectivity index (χ2n) is 4.39. The minimum Gasteiger partial charge on any atom is -0.396 e. The van der Waals surface area contributed by atoms with Gasteiger partial charge in [0.2, 0.25) is 0 Å². The Morgan fingerprint density at radius 2 is 1.53 bits per heavy atom. The highest BCUT2D eigenvalue weighted by Crippen LogP contribution is 2.14. The van der Waals surface area contributed by atoms with Crippen molar-refractivity contribution < 1.29 is 5.11 Å². The monoisotopic (exact) mass is 226 g/mol. The predicted octanol–water partition coefficient (Wildman–Crippen LogP) is 3.12. The van der Waals surface area contributed by atoms with E-state index in [-0.39, 0.29) is 6.61 Å². The number of hydrogen-bond donors (Lipinski definition) is 1. The van der Waals surface area contributed by atoms with E-state index in [0.29, 0.717) is 0 Å². The molecule has 0 saturated carbocycles. The Hall–Kier alpha value is -1.60. The molecule has 0 heterocycles. The normalized spacial score (nSPS) is 10.5. The summed E-state index contributed by atoms with van der Waals surface area (Å²) in [6, 6.07) is 17.0. The second-order valence-corrected chi connectivity index (χ2v) is 4.39. The van der Waals surface area contributed by atoms with Gasteiger partial charge >= 0.3 is 0 Å². The molecule has 2 aromatic carbocycles. The van der Waals surface area contributed by atoms with E-state index >= 15 is 0 Å². The zero-order chi connectivity index (χ0) is 12.1. The Balaban J connectivity index is 2.11. The van der Waals surface area contributed by atoms with E-state index in [1.165, 1.54) is 22.3 Å². The molecular formula is C16H18O. The molecule has 2 aromatic rings. The Bertz CT molecular complexity index is 471. The van der Waals surface area contributed by atoms with E-state index in [1.54, 1.807) is 0 Å². The summed E-state index contributed by atoms with van der Waals surface area (Å²) in [6.07, 6.45) is 1.72. The first-order valence-corrected chi connectivity index (χ1v) is 6.03. The standard InChI is InChI=1S/C16H18O/c1-13-4-2-3-5-16(13)12-15-8-6-14(7-9-15)10-11-17/h2-9,17H,10-12H2,1H3. The molecule has 0 aliphatic heterocycles. The van der Waals surface area contributed by atoms with Crippen LogP contribution in [-0.4, -0.2) is 11.7 Å². The molecule has 0 spiro atoms. The van der Waals surface area contributed by atoms with E-state index < -0.39 is 0 Å². The van der Waals surface area contributed by atoms with Crippen molar-refractivity contribution in [2.45, 2.75) is 19.8 Å². The van der Waals surface area contributed by atoms with Gasteiger partial charge < -0.3 is 5.11 Å². The Kier molecular flexibility index (Phi) is 3.94. The van der Waals surface area contributed by atoms with Crippen molar-refractivity contribution in [3.05, 3.63) is 70.8 Å². The van der Waals surface area contributed by atoms with Gasteiger partial charge in [-0.2, -0.15) is 0 Å². The third kappa shape index (κ3) is 3.18. The van der Waals surface area contributed by atoms with Crippen molar-refractivity contribution >= 4 is 0 Å². The van der Waals surface area contributed by atoms with Crippen LogP contribution >= 0.6 is 0 Å². The lowest BCUT2D eigenvalue weighted by Gasteiger charge is -2.06. The molecule has 17 heavy (non-hydrogen) atoms. The van der Waals surface area contributed by atoms with Gasteiger partial charge in [-0.3, -0.25) is 0 Å². The van der Waals surface area contributed by atoms with Gasteiger partial charge in [0.15, 0.2) is 0 Å². The van der Waals surface area contributed by atoms with Crippen molar-refractivity contribution in [3.8, 4) is 0 Å². The smallest absolute Gasteiger partial charge is 0.0471 e. The largest absolute Gasteiger partial charge is 0.396 e. The van der Waals surface area contributed by atoms with Gasteiger partial charge in [-0.15, -0.1) is 0 Å². The van der Waals surface area contributed by atoms with Gasteiger partial charge in [0, 0.05) is 6.61 Å². The molecule has 0 aromatic heterocycles. The molecular weight excluding hydrogens is 208 g/mol. The van der Waals surface area contributed by atoms with Crippen LogP contribution in [0.5, 0.6) is 0 Å². The number of benzene rings is 2. The van der Waals surface area contributed by atoms with Crippen LogP contribution in [0.25, 0.3) is 0 Å². The summed E-state index contributed by atoms with van der Waals surface area (Å²) in [4.78, 5) is 0. The van der Waals surface area contributed by atoms with Crippen LogP contribution in [-0.2, 0) is 12.8 Å². The zero-order valence-corrected chi connectivity index (χ0v) is 10.2. The molecule has 0 amide bonds. The summed E-state index contributed by atoms with van der Waals surface area (Å²) in [5.74, 6) is 0. The van der Waals surface area contributed by atoms with Crippen LogP contribution in [0.2, 0.25) is 0 Å². The maximum atomic E-state index is 8.86. The van der Waals surface area contributed by atoms with Crippen LogP contribution in [0.15, 0.2) is 48.5 Å². The highest BCUT2D eigenvalue weighted by atomic mass is 16.2. The minimum atomic E-state index is 0.219. The SMILES string of the molecule is Cc1ccccc1Cc1ccc(CCO)cc1. The molecule has 0 radical (unpaired) electrons. The first-order chi connectivity index (χ1) is 8.29. The van der Waals surface area contributed by atoms with Crippen molar-refractivity contribution in [1.82, 2.24) is 0 Å². The van der Waals surface area contributed by atoms with Crippen LogP contribution in [0.3, 0.4) is 0 Å². The quantitative estimate of drug-likeness (QED) is 0.849. The highest BCUT2D eigenvalue weighted by molar-refractivity contribution is 5.33. The zero-order valence-electron chi connectivity index (χ0n) is 10.2. The maximum absolute atomic E-state index is 8.86. The number of aliphatic hydroxyl groups is 1. The molecule has 2 rings (SSSR count). The van der Waals surface area contributed by atoms with Crippen LogP contribution < -0.4 is 0 Å². The van der Waals surface area contributed by atoms with Crippen LogP contribution in [0.4, 0.5) is 0 Å². The number of rotatable bonds is 4. The fraction of sp³-hybridized carbons (Fsp3) is 0.250. The number of aliphatic hydroxyl groups excluding tert-OH is 1. The highest BCUT2D eigenvalue weighted by Gasteiger charge is 1.99. The van der Waals surface area contributed by atoms with Gasteiger partial charge in [0.25, 0.3) is 0 Å². The van der Waals surface area contributed by atoms with E-state index in [9.17, 15) is 0 Å². The Morgan fingerprint density at radius 3 is 2.18 bits per heavy atom. The summed E-state index contributed by atoms with van der Waals surface area (Å²) in [5, 5.41) is 8.86. The molecule has 88 valence electrons. The van der Waals surface area contributed by atoms with Gasteiger partial charge in [-0.1, -0.05) is 48.5 Å². The molecule has 0 bridgehead atoms. The molecule has 1 N–H and O–H groups in total. The van der Waals surface area contributed by atoms with E-state index in [1.807, 2.05) is 0 Å². The van der Waals surface area contributed by atoms with Crippen LogP contribution in [0.1, 0.15) is 22.3 Å². The molecule has 0 atom stereocenters. The molecule has 0 fully saturated rings. The van der Waals surface area contributed by atoms with Crippen LogP contribution in [0, 0.1) is 6.92 Å². The first-order valence-electron chi connectivity index (χ1n) is 6.03. The molecule has 1 heteroatoms. The average Bonchev–Trinajstić information content (AvgIpc) is 2.35. The summed E-state index contributed by atoms with van der Waals surface area (Å²) in [7, 11) is 0. The van der Waals surface area contributed by atoms with E-state index in [0.717, 1.165) is 12.8 Å². The van der Waals surface area contributed by atoms with E-state index in [4.69, 9.17) is 5.11 Å². The third-order valence-corrected chi connectivity index (χ3v) is 3.08. The summed E-state index contributed by atoms with van der Waals surface area (Å²) in [5.41, 5.74) is 5.23. The lowest BCUT2D eigenvalue weighted by Crippen LogP contribution is -1.93. The summed E-state index contributed by atoms with van der Waals surface area (Å²) >= 11 is 0. The lowest BCUT2D eigenvalue weighted by molar-refractivity contribution is 0.299. The van der Waals surface area contributed by atoms with Crippen molar-refractivity contribution in [1.29, 1.82) is 0 Å². The Labute approximate surface area is 103 Å². The van der Waals surface area contributed by atoms with Gasteiger partial charge in [0.1, 0.15) is 0 Å². The van der Waals surface area contributed by atoms with Crippen molar-refractivity contribution in [2.75, 3.05) is 6.61 Å². The maximum Gasteiger partial charge on any atom is 0.0471 e. The minimum absolute atomic E-state index is 0.219. The fourth-order valence-electron chi connectivity index (χ4n) is 1.98.